The molecule has 0 saturated heterocycles. The molecule has 1 aromatic rings. The number of alkyl halides is 1. The molecule has 0 aliphatic carbocycles. The van der Waals surface area contributed by atoms with Crippen LogP contribution in [0.3, 0.4) is 0 Å². The lowest BCUT2D eigenvalue weighted by Crippen LogP contribution is -2.11. The molecular weight excluding hydrogens is 143 g/mol. The third-order valence-electron chi connectivity index (χ3n) is 1.53. The van der Waals surface area contributed by atoms with Gasteiger partial charge in [0.25, 0.3) is 0 Å². The summed E-state index contributed by atoms with van der Waals surface area (Å²) in [4.78, 5) is 0. The summed E-state index contributed by atoms with van der Waals surface area (Å²) < 4.78 is 12.0. The Kier molecular flexibility index (Phi) is 2.44. The van der Waals surface area contributed by atoms with E-state index in [2.05, 4.69) is 0 Å². The number of halogens is 1. The van der Waals surface area contributed by atoms with Crippen LogP contribution in [0, 0.1) is 0 Å². The molecule has 0 aliphatic heterocycles. The van der Waals surface area contributed by atoms with Crippen molar-refractivity contribution in [3.05, 3.63) is 29.8 Å². The van der Waals surface area contributed by atoms with Crippen molar-refractivity contribution in [2.24, 2.45) is 5.73 Å². The molecule has 3 heteroatoms. The Morgan fingerprint density at radius 3 is 2.27 bits per heavy atom. The van der Waals surface area contributed by atoms with Gasteiger partial charge in [-0.05, 0) is 17.7 Å². The Hall–Kier alpha value is -1.09. The van der Waals surface area contributed by atoms with E-state index in [0.29, 0.717) is 5.69 Å². The van der Waals surface area contributed by atoms with Crippen molar-refractivity contribution in [1.29, 1.82) is 0 Å². The number of nitrogen functional groups attached to an aromatic ring is 1. The fourth-order valence-electron chi connectivity index (χ4n) is 0.832. The molecule has 0 radical (unpaired) electrons. The fraction of sp³-hybridized carbons (Fsp3) is 0.250. The van der Waals surface area contributed by atoms with E-state index in [1.54, 1.807) is 24.3 Å². The fourth-order valence-corrected chi connectivity index (χ4v) is 0.832. The first-order chi connectivity index (χ1) is 5.24. The van der Waals surface area contributed by atoms with Crippen molar-refractivity contribution in [3.63, 3.8) is 0 Å². The van der Waals surface area contributed by atoms with Crippen LogP contribution in [0.15, 0.2) is 24.3 Å². The molecule has 1 atom stereocenters. The Morgan fingerprint density at radius 1 is 1.27 bits per heavy atom. The molecule has 1 rings (SSSR count). The van der Waals surface area contributed by atoms with Gasteiger partial charge in [-0.2, -0.15) is 0 Å². The molecular formula is C8H11FN2. The van der Waals surface area contributed by atoms with Crippen molar-refractivity contribution < 1.29 is 4.39 Å². The summed E-state index contributed by atoms with van der Waals surface area (Å²) in [5.74, 6) is 0. The van der Waals surface area contributed by atoms with E-state index in [1.807, 2.05) is 0 Å². The second kappa shape index (κ2) is 3.34. The molecule has 0 fully saturated rings. The van der Waals surface area contributed by atoms with Gasteiger partial charge in [0, 0.05) is 5.69 Å². The monoisotopic (exact) mass is 154 g/mol. The van der Waals surface area contributed by atoms with Crippen molar-refractivity contribution in [2.45, 2.75) is 6.04 Å². The van der Waals surface area contributed by atoms with E-state index in [0.717, 1.165) is 5.56 Å². The van der Waals surface area contributed by atoms with Crippen LogP contribution in [0.2, 0.25) is 0 Å². The summed E-state index contributed by atoms with van der Waals surface area (Å²) in [7, 11) is 0. The molecule has 0 aliphatic rings. The minimum atomic E-state index is -0.538. The van der Waals surface area contributed by atoms with E-state index < -0.39 is 12.7 Å². The molecule has 0 bridgehead atoms. The van der Waals surface area contributed by atoms with Gasteiger partial charge in [0.1, 0.15) is 6.67 Å². The quantitative estimate of drug-likeness (QED) is 0.629. The zero-order valence-electron chi connectivity index (χ0n) is 6.13. The number of hydrogen-bond donors (Lipinski definition) is 2. The van der Waals surface area contributed by atoms with Crippen LogP contribution in [0.4, 0.5) is 10.1 Å². The molecule has 1 aromatic carbocycles. The largest absolute Gasteiger partial charge is 0.399 e. The second-order valence-electron chi connectivity index (χ2n) is 2.43. The lowest BCUT2D eigenvalue weighted by molar-refractivity contribution is 0.437. The summed E-state index contributed by atoms with van der Waals surface area (Å²) in [5.41, 5.74) is 12.3. The Labute approximate surface area is 65.0 Å². The summed E-state index contributed by atoms with van der Waals surface area (Å²) in [6, 6.07) is 6.38. The summed E-state index contributed by atoms with van der Waals surface area (Å²) >= 11 is 0. The maximum Gasteiger partial charge on any atom is 0.109 e. The molecule has 2 nitrogen and oxygen atoms in total. The predicted octanol–water partition coefficient (Wildman–Crippen LogP) is 1.24. The Balaban J connectivity index is 2.81. The lowest BCUT2D eigenvalue weighted by atomic mass is 10.1. The van der Waals surface area contributed by atoms with E-state index >= 15 is 0 Å². The van der Waals surface area contributed by atoms with Crippen LogP contribution < -0.4 is 11.5 Å². The molecule has 11 heavy (non-hydrogen) atoms. The molecule has 0 aromatic heterocycles. The lowest BCUT2D eigenvalue weighted by Gasteiger charge is -2.06. The van der Waals surface area contributed by atoms with Gasteiger partial charge in [-0.25, -0.2) is 4.39 Å². The minimum Gasteiger partial charge on any atom is -0.399 e. The van der Waals surface area contributed by atoms with Crippen molar-refractivity contribution in [3.8, 4) is 0 Å². The van der Waals surface area contributed by atoms with Crippen LogP contribution in [-0.2, 0) is 0 Å². The number of rotatable bonds is 2. The van der Waals surface area contributed by atoms with E-state index in [1.165, 1.54) is 0 Å². The zero-order chi connectivity index (χ0) is 8.27. The average Bonchev–Trinajstić information content (AvgIpc) is 2.05. The number of anilines is 1. The molecule has 4 N–H and O–H groups in total. The van der Waals surface area contributed by atoms with Gasteiger partial charge >= 0.3 is 0 Å². The molecule has 0 amide bonds. The standard InChI is InChI=1S/C8H11FN2/c9-5-8(11)6-1-3-7(10)4-2-6/h1-4,8H,5,10-11H2. The van der Waals surface area contributed by atoms with Gasteiger partial charge in [0.15, 0.2) is 0 Å². The van der Waals surface area contributed by atoms with Gasteiger partial charge < -0.3 is 11.5 Å². The van der Waals surface area contributed by atoms with Gasteiger partial charge in [0.05, 0.1) is 6.04 Å². The molecule has 60 valence electrons. The number of benzene rings is 1. The molecule has 0 saturated carbocycles. The highest BCUT2D eigenvalue weighted by Gasteiger charge is 2.02. The number of hydrogen-bond acceptors (Lipinski definition) is 2. The van der Waals surface area contributed by atoms with Gasteiger partial charge in [-0.15, -0.1) is 0 Å². The van der Waals surface area contributed by atoms with Crippen LogP contribution in [-0.4, -0.2) is 6.67 Å². The summed E-state index contributed by atoms with van der Waals surface area (Å²) in [6.45, 7) is -0.538. The second-order valence-corrected chi connectivity index (χ2v) is 2.43. The summed E-state index contributed by atoms with van der Waals surface area (Å²) in [6.07, 6.45) is 0. The molecule has 0 spiro atoms. The van der Waals surface area contributed by atoms with Gasteiger partial charge in [-0.1, -0.05) is 12.1 Å². The predicted molar refractivity (Wildman–Crippen MR) is 43.8 cm³/mol. The van der Waals surface area contributed by atoms with E-state index in [-0.39, 0.29) is 0 Å². The van der Waals surface area contributed by atoms with Gasteiger partial charge in [-0.3, -0.25) is 0 Å². The average molecular weight is 154 g/mol. The topological polar surface area (TPSA) is 52.0 Å². The van der Waals surface area contributed by atoms with Crippen LogP contribution in [0.1, 0.15) is 11.6 Å². The third kappa shape index (κ3) is 1.91. The normalized spacial score (nSPS) is 12.9. The molecule has 1 unspecified atom stereocenters. The Morgan fingerprint density at radius 2 is 1.82 bits per heavy atom. The van der Waals surface area contributed by atoms with Crippen molar-refractivity contribution in [1.82, 2.24) is 0 Å². The first-order valence-corrected chi connectivity index (χ1v) is 3.41. The van der Waals surface area contributed by atoms with Crippen molar-refractivity contribution in [2.75, 3.05) is 12.4 Å². The third-order valence-corrected chi connectivity index (χ3v) is 1.53. The highest BCUT2D eigenvalue weighted by atomic mass is 19.1. The SMILES string of the molecule is Nc1ccc(C(N)CF)cc1. The van der Waals surface area contributed by atoms with Crippen molar-refractivity contribution >= 4 is 5.69 Å². The van der Waals surface area contributed by atoms with E-state index in [4.69, 9.17) is 11.5 Å². The Bertz CT molecular complexity index is 220. The van der Waals surface area contributed by atoms with Crippen LogP contribution in [0.25, 0.3) is 0 Å². The van der Waals surface area contributed by atoms with E-state index in [9.17, 15) is 4.39 Å². The minimum absolute atomic E-state index is 0.518. The van der Waals surface area contributed by atoms with Gasteiger partial charge in [0.2, 0.25) is 0 Å². The first-order valence-electron chi connectivity index (χ1n) is 3.41. The molecule has 0 heterocycles. The van der Waals surface area contributed by atoms with Crippen LogP contribution in [0.5, 0.6) is 0 Å². The number of nitrogens with two attached hydrogens (primary N) is 2. The highest BCUT2D eigenvalue weighted by molar-refractivity contribution is 5.40. The first kappa shape index (κ1) is 8.01. The smallest absolute Gasteiger partial charge is 0.109 e. The van der Waals surface area contributed by atoms with Crippen LogP contribution >= 0.6 is 0 Å². The maximum atomic E-state index is 12.0. The zero-order valence-corrected chi connectivity index (χ0v) is 6.13. The highest BCUT2D eigenvalue weighted by Crippen LogP contribution is 2.12. The maximum absolute atomic E-state index is 12.0. The summed E-state index contributed by atoms with van der Waals surface area (Å²) in [5, 5.41) is 0.